The Morgan fingerprint density at radius 1 is 1.42 bits per heavy atom. The Morgan fingerprint density at radius 3 is 3.11 bits per heavy atom. The van der Waals surface area contributed by atoms with Crippen molar-refractivity contribution < 1.29 is 9.53 Å². The fraction of sp³-hybridized carbons (Fsp3) is 0.385. The van der Waals surface area contributed by atoms with Crippen LogP contribution < -0.4 is 0 Å². The average molecular weight is 294 g/mol. The number of para-hydroxylation sites is 1. The lowest BCUT2D eigenvalue weighted by Gasteiger charge is -2.10. The molecule has 0 bridgehead atoms. The normalized spacial score (nSPS) is 15.2. The first-order valence-electron chi connectivity index (χ1n) is 6.23. The lowest BCUT2D eigenvalue weighted by Crippen LogP contribution is -2.25. The van der Waals surface area contributed by atoms with Gasteiger partial charge in [0.2, 0.25) is 0 Å². The fourth-order valence-corrected chi connectivity index (χ4v) is 4.02. The summed E-state index contributed by atoms with van der Waals surface area (Å²) in [4.78, 5) is 17.6. The summed E-state index contributed by atoms with van der Waals surface area (Å²) in [6.07, 6.45) is 0.792. The second-order valence-corrected chi connectivity index (χ2v) is 6.62. The second-order valence-electron chi connectivity index (χ2n) is 4.25. The van der Waals surface area contributed by atoms with Crippen molar-refractivity contribution in [2.24, 2.45) is 0 Å². The van der Waals surface area contributed by atoms with Gasteiger partial charge >= 0.3 is 6.09 Å². The van der Waals surface area contributed by atoms with Crippen LogP contribution in [0.15, 0.2) is 28.6 Å². The second kappa shape index (κ2) is 5.79. The third-order valence-corrected chi connectivity index (χ3v) is 5.18. The highest BCUT2D eigenvalue weighted by Crippen LogP contribution is 2.29. The van der Waals surface area contributed by atoms with Crippen molar-refractivity contribution in [3.63, 3.8) is 0 Å². The third-order valence-electron chi connectivity index (χ3n) is 2.92. The lowest BCUT2D eigenvalue weighted by molar-refractivity contribution is 0.158. The van der Waals surface area contributed by atoms with E-state index < -0.39 is 0 Å². The molecule has 2 aromatic rings. The molecular formula is C13H14N2O2S2. The van der Waals surface area contributed by atoms with Gasteiger partial charge in [-0.1, -0.05) is 23.9 Å². The monoisotopic (exact) mass is 294 g/mol. The van der Waals surface area contributed by atoms with Gasteiger partial charge in [0.05, 0.1) is 16.8 Å². The number of rotatable bonds is 5. The molecule has 6 heteroatoms. The van der Waals surface area contributed by atoms with E-state index in [1.807, 2.05) is 18.2 Å². The number of hydrogen-bond acceptors (Lipinski definition) is 5. The van der Waals surface area contributed by atoms with Crippen LogP contribution in [0, 0.1) is 0 Å². The van der Waals surface area contributed by atoms with E-state index in [4.69, 9.17) is 4.74 Å². The highest BCUT2D eigenvalue weighted by Gasteiger charge is 2.20. The van der Waals surface area contributed by atoms with Gasteiger partial charge < -0.3 is 9.64 Å². The molecule has 1 aromatic heterocycles. The molecule has 2 heterocycles. The number of thiazole rings is 1. The first-order valence-corrected chi connectivity index (χ1v) is 8.03. The lowest BCUT2D eigenvalue weighted by atomic mass is 10.3. The molecule has 1 aliphatic heterocycles. The Balaban J connectivity index is 1.48. The van der Waals surface area contributed by atoms with Crippen molar-refractivity contribution in [1.82, 2.24) is 9.88 Å². The maximum absolute atomic E-state index is 11.2. The summed E-state index contributed by atoms with van der Waals surface area (Å²) in [6, 6.07) is 8.18. The Kier molecular flexibility index (Phi) is 3.89. The Hall–Kier alpha value is -1.27. The highest BCUT2D eigenvalue weighted by atomic mass is 32.2. The molecule has 1 saturated heterocycles. The van der Waals surface area contributed by atoms with E-state index in [1.54, 1.807) is 28.0 Å². The van der Waals surface area contributed by atoms with Crippen molar-refractivity contribution in [1.29, 1.82) is 0 Å². The molecule has 1 fully saturated rings. The van der Waals surface area contributed by atoms with Crippen LogP contribution in [0.5, 0.6) is 0 Å². The van der Waals surface area contributed by atoms with Gasteiger partial charge in [0.15, 0.2) is 4.34 Å². The number of aromatic nitrogens is 1. The van der Waals surface area contributed by atoms with Gasteiger partial charge in [0.25, 0.3) is 0 Å². The van der Waals surface area contributed by atoms with Crippen molar-refractivity contribution in [3.05, 3.63) is 24.3 Å². The number of amides is 1. The number of nitrogens with zero attached hydrogens (tertiary/aromatic N) is 2. The minimum absolute atomic E-state index is 0.176. The minimum Gasteiger partial charge on any atom is -0.448 e. The number of ether oxygens (including phenoxy) is 1. The molecule has 1 amide bonds. The Labute approximate surface area is 119 Å². The number of benzene rings is 1. The van der Waals surface area contributed by atoms with Gasteiger partial charge in [-0.15, -0.1) is 11.3 Å². The van der Waals surface area contributed by atoms with E-state index >= 15 is 0 Å². The zero-order valence-electron chi connectivity index (χ0n) is 10.4. The van der Waals surface area contributed by atoms with Crippen molar-refractivity contribution in [2.75, 3.05) is 25.4 Å². The molecule has 0 spiro atoms. The predicted molar refractivity (Wildman–Crippen MR) is 77.9 cm³/mol. The molecular weight excluding hydrogens is 280 g/mol. The topological polar surface area (TPSA) is 42.4 Å². The molecule has 4 nitrogen and oxygen atoms in total. The van der Waals surface area contributed by atoms with E-state index in [9.17, 15) is 4.79 Å². The van der Waals surface area contributed by atoms with Crippen molar-refractivity contribution >= 4 is 39.4 Å². The zero-order chi connectivity index (χ0) is 13.1. The van der Waals surface area contributed by atoms with Crippen LogP contribution >= 0.6 is 23.1 Å². The van der Waals surface area contributed by atoms with Crippen LogP contribution in [0.4, 0.5) is 4.79 Å². The van der Waals surface area contributed by atoms with Crippen molar-refractivity contribution in [2.45, 2.75) is 10.8 Å². The molecule has 100 valence electrons. The number of fused-ring (bicyclic) bond motifs is 1. The predicted octanol–water partition coefficient (Wildman–Crippen LogP) is 3.23. The standard InChI is InChI=1S/C13H14N2O2S2/c16-13-15(7-8-17-13)6-3-9-18-12-14-10-4-1-2-5-11(10)19-12/h1-2,4-5H,3,6-9H2. The van der Waals surface area contributed by atoms with E-state index in [1.165, 1.54) is 4.70 Å². The maximum atomic E-state index is 11.2. The van der Waals surface area contributed by atoms with E-state index in [0.717, 1.165) is 35.1 Å². The number of carbonyl (C=O) groups excluding carboxylic acids is 1. The summed E-state index contributed by atoms with van der Waals surface area (Å²) >= 11 is 3.49. The summed E-state index contributed by atoms with van der Waals surface area (Å²) in [5, 5.41) is 0. The van der Waals surface area contributed by atoms with Crippen LogP contribution in [-0.4, -0.2) is 41.4 Å². The average Bonchev–Trinajstić information content (AvgIpc) is 3.00. The van der Waals surface area contributed by atoms with E-state index in [2.05, 4.69) is 11.1 Å². The molecule has 0 radical (unpaired) electrons. The quantitative estimate of drug-likeness (QED) is 0.627. The van der Waals surface area contributed by atoms with Gasteiger partial charge in [0, 0.05) is 12.3 Å². The summed E-state index contributed by atoms with van der Waals surface area (Å²) in [5.74, 6) is 0.976. The molecule has 0 unspecified atom stereocenters. The van der Waals surface area contributed by atoms with Crippen LogP contribution in [0.25, 0.3) is 10.2 Å². The number of hydrogen-bond donors (Lipinski definition) is 0. The molecule has 0 saturated carbocycles. The molecule has 0 N–H and O–H groups in total. The zero-order valence-corrected chi connectivity index (χ0v) is 12.0. The minimum atomic E-state index is -0.176. The molecule has 1 aromatic carbocycles. The van der Waals surface area contributed by atoms with Gasteiger partial charge in [-0.05, 0) is 18.6 Å². The number of cyclic esters (lactones) is 1. The Morgan fingerprint density at radius 2 is 2.32 bits per heavy atom. The first-order chi connectivity index (χ1) is 9.33. The third kappa shape index (κ3) is 3.01. The van der Waals surface area contributed by atoms with E-state index in [-0.39, 0.29) is 6.09 Å². The first kappa shape index (κ1) is 12.7. The van der Waals surface area contributed by atoms with Gasteiger partial charge in [0.1, 0.15) is 6.61 Å². The largest absolute Gasteiger partial charge is 0.448 e. The summed E-state index contributed by atoms with van der Waals surface area (Å²) in [7, 11) is 0. The summed E-state index contributed by atoms with van der Waals surface area (Å²) in [6.45, 7) is 2.03. The van der Waals surface area contributed by atoms with Crippen LogP contribution in [0.2, 0.25) is 0 Å². The van der Waals surface area contributed by atoms with E-state index in [0.29, 0.717) is 6.61 Å². The SMILES string of the molecule is O=C1OCCN1CCCSc1nc2ccccc2s1. The van der Waals surface area contributed by atoms with Gasteiger partial charge in [-0.2, -0.15) is 0 Å². The summed E-state index contributed by atoms with van der Waals surface area (Å²) < 4.78 is 7.22. The molecule has 0 atom stereocenters. The van der Waals surface area contributed by atoms with Crippen LogP contribution in [0.1, 0.15) is 6.42 Å². The maximum Gasteiger partial charge on any atom is 0.409 e. The van der Waals surface area contributed by atoms with Crippen molar-refractivity contribution in [3.8, 4) is 0 Å². The summed E-state index contributed by atoms with van der Waals surface area (Å²) in [5.41, 5.74) is 1.07. The van der Waals surface area contributed by atoms with Gasteiger partial charge in [-0.3, -0.25) is 0 Å². The molecule has 3 rings (SSSR count). The number of carbonyl (C=O) groups is 1. The number of thioether (sulfide) groups is 1. The smallest absolute Gasteiger partial charge is 0.409 e. The molecule has 1 aliphatic rings. The molecule has 19 heavy (non-hydrogen) atoms. The Bertz CT molecular complexity index is 552. The molecule has 0 aliphatic carbocycles. The van der Waals surface area contributed by atoms with Crippen LogP contribution in [-0.2, 0) is 4.74 Å². The van der Waals surface area contributed by atoms with Crippen LogP contribution in [0.3, 0.4) is 0 Å². The van der Waals surface area contributed by atoms with Gasteiger partial charge in [-0.25, -0.2) is 9.78 Å². The highest BCUT2D eigenvalue weighted by molar-refractivity contribution is 8.01. The fourth-order valence-electron chi connectivity index (χ4n) is 1.96.